The molecule has 0 aliphatic heterocycles. The van der Waals surface area contributed by atoms with E-state index in [0.717, 1.165) is 25.1 Å². The average molecular weight is 206 g/mol. The van der Waals surface area contributed by atoms with Gasteiger partial charge in [0, 0.05) is 19.2 Å². The number of carbonyl (C=O) groups excluding carboxylic acids is 1. The van der Waals surface area contributed by atoms with Crippen LogP contribution in [-0.2, 0) is 4.79 Å². The van der Waals surface area contributed by atoms with Gasteiger partial charge in [-0.05, 0) is 31.5 Å². The summed E-state index contributed by atoms with van der Waals surface area (Å²) < 4.78 is 0. The fourth-order valence-corrected chi connectivity index (χ4v) is 1.49. The highest BCUT2D eigenvalue weighted by Gasteiger charge is 2.09. The third-order valence-corrected chi connectivity index (χ3v) is 2.28. The van der Waals surface area contributed by atoms with Crippen molar-refractivity contribution in [3.63, 3.8) is 0 Å². The molecule has 0 spiro atoms. The molecule has 0 aliphatic carbocycles. The summed E-state index contributed by atoms with van der Waals surface area (Å²) in [5, 5.41) is 0. The molecule has 0 saturated heterocycles. The van der Waals surface area contributed by atoms with Gasteiger partial charge in [-0.25, -0.2) is 0 Å². The molecule has 0 bridgehead atoms. The van der Waals surface area contributed by atoms with Gasteiger partial charge >= 0.3 is 0 Å². The van der Waals surface area contributed by atoms with Gasteiger partial charge < -0.3 is 10.6 Å². The monoisotopic (exact) mass is 206 g/mol. The minimum atomic E-state index is 0.0817. The van der Waals surface area contributed by atoms with Crippen LogP contribution in [0.1, 0.15) is 19.8 Å². The lowest BCUT2D eigenvalue weighted by molar-refractivity contribution is -0.116. The van der Waals surface area contributed by atoms with Crippen LogP contribution in [0, 0.1) is 0 Å². The summed E-state index contributed by atoms with van der Waals surface area (Å²) in [7, 11) is 0. The van der Waals surface area contributed by atoms with Gasteiger partial charge in [-0.3, -0.25) is 4.79 Å². The van der Waals surface area contributed by atoms with Crippen molar-refractivity contribution in [2.24, 2.45) is 5.73 Å². The molecule has 0 saturated carbocycles. The Labute approximate surface area is 90.9 Å². The first-order chi connectivity index (χ1) is 7.25. The summed E-state index contributed by atoms with van der Waals surface area (Å²) in [4.78, 5) is 13.2. The Morgan fingerprint density at radius 1 is 1.27 bits per heavy atom. The van der Waals surface area contributed by atoms with Gasteiger partial charge in [-0.2, -0.15) is 0 Å². The minimum absolute atomic E-state index is 0.0817. The van der Waals surface area contributed by atoms with Gasteiger partial charge in [0.15, 0.2) is 0 Å². The molecule has 0 radical (unpaired) electrons. The van der Waals surface area contributed by atoms with Gasteiger partial charge in [-0.15, -0.1) is 0 Å². The number of carbonyl (C=O) groups is 1. The summed E-state index contributed by atoms with van der Waals surface area (Å²) in [6.45, 7) is 3.02. The number of rotatable bonds is 5. The Bertz CT molecular complexity index is 298. The van der Waals surface area contributed by atoms with Crippen LogP contribution in [0.2, 0.25) is 0 Å². The summed E-state index contributed by atoms with van der Waals surface area (Å²) in [5.41, 5.74) is 6.39. The lowest BCUT2D eigenvalue weighted by Gasteiger charge is -2.20. The van der Waals surface area contributed by atoms with Crippen LogP contribution in [0.5, 0.6) is 0 Å². The third-order valence-electron chi connectivity index (χ3n) is 2.28. The van der Waals surface area contributed by atoms with E-state index in [1.54, 1.807) is 11.8 Å². The van der Waals surface area contributed by atoms with Crippen LogP contribution in [0.25, 0.3) is 0 Å². The van der Waals surface area contributed by atoms with Gasteiger partial charge in [-0.1, -0.05) is 18.2 Å². The number of nitrogens with zero attached hydrogens (tertiary/aromatic N) is 1. The zero-order valence-electron chi connectivity index (χ0n) is 9.15. The summed E-state index contributed by atoms with van der Waals surface area (Å²) in [6.07, 6.45) is 1.90. The highest BCUT2D eigenvalue weighted by molar-refractivity contribution is 5.91. The Balaban J connectivity index is 2.62. The normalized spacial score (nSPS) is 10.0. The highest BCUT2D eigenvalue weighted by atomic mass is 16.2. The van der Waals surface area contributed by atoms with Crippen molar-refractivity contribution in [2.75, 3.05) is 18.0 Å². The molecular formula is C12H18N2O. The standard InChI is InChI=1S/C12H18N2O/c1-11(15)14(10-6-5-9-13)12-7-3-2-4-8-12/h2-4,7-8H,5-6,9-10,13H2,1H3. The molecule has 82 valence electrons. The van der Waals surface area contributed by atoms with Gasteiger partial charge in [0.25, 0.3) is 0 Å². The molecule has 0 atom stereocenters. The Morgan fingerprint density at radius 3 is 2.47 bits per heavy atom. The summed E-state index contributed by atoms with van der Waals surface area (Å²) in [5.74, 6) is 0.0817. The molecule has 0 unspecified atom stereocenters. The van der Waals surface area contributed by atoms with Crippen LogP contribution >= 0.6 is 0 Å². The van der Waals surface area contributed by atoms with E-state index >= 15 is 0 Å². The van der Waals surface area contributed by atoms with E-state index in [-0.39, 0.29) is 5.91 Å². The lowest BCUT2D eigenvalue weighted by atomic mass is 10.2. The van der Waals surface area contributed by atoms with E-state index < -0.39 is 0 Å². The minimum Gasteiger partial charge on any atom is -0.330 e. The number of hydrogen-bond donors (Lipinski definition) is 1. The van der Waals surface area contributed by atoms with Crippen molar-refractivity contribution < 1.29 is 4.79 Å². The predicted octanol–water partition coefficient (Wildman–Crippen LogP) is 1.78. The zero-order chi connectivity index (χ0) is 11.1. The number of benzene rings is 1. The van der Waals surface area contributed by atoms with Crippen molar-refractivity contribution in [1.29, 1.82) is 0 Å². The highest BCUT2D eigenvalue weighted by Crippen LogP contribution is 2.13. The molecule has 0 aliphatic rings. The molecule has 0 fully saturated rings. The second-order valence-corrected chi connectivity index (χ2v) is 3.50. The Kier molecular flexibility index (Phi) is 4.84. The molecule has 2 N–H and O–H groups in total. The van der Waals surface area contributed by atoms with Gasteiger partial charge in [0.05, 0.1) is 0 Å². The average Bonchev–Trinajstić information content (AvgIpc) is 2.25. The van der Waals surface area contributed by atoms with Crippen LogP contribution in [0.15, 0.2) is 30.3 Å². The third kappa shape index (κ3) is 3.72. The Morgan fingerprint density at radius 2 is 1.93 bits per heavy atom. The second kappa shape index (κ2) is 6.19. The maximum absolute atomic E-state index is 11.4. The second-order valence-electron chi connectivity index (χ2n) is 3.50. The van der Waals surface area contributed by atoms with Crippen LogP contribution in [0.4, 0.5) is 5.69 Å². The van der Waals surface area contributed by atoms with E-state index in [0.29, 0.717) is 6.54 Å². The SMILES string of the molecule is CC(=O)N(CCCCN)c1ccccc1. The van der Waals surface area contributed by atoms with Gasteiger partial charge in [0.1, 0.15) is 0 Å². The number of amides is 1. The van der Waals surface area contributed by atoms with Crippen molar-refractivity contribution in [1.82, 2.24) is 0 Å². The number of unbranched alkanes of at least 4 members (excludes halogenated alkanes) is 1. The first-order valence-electron chi connectivity index (χ1n) is 5.29. The maximum atomic E-state index is 11.4. The fourth-order valence-electron chi connectivity index (χ4n) is 1.49. The van der Waals surface area contributed by atoms with E-state index in [1.165, 1.54) is 0 Å². The van der Waals surface area contributed by atoms with E-state index in [9.17, 15) is 4.79 Å². The maximum Gasteiger partial charge on any atom is 0.223 e. The molecule has 1 rings (SSSR count). The topological polar surface area (TPSA) is 46.3 Å². The van der Waals surface area contributed by atoms with Crippen molar-refractivity contribution in [2.45, 2.75) is 19.8 Å². The van der Waals surface area contributed by atoms with Crippen LogP contribution < -0.4 is 10.6 Å². The van der Waals surface area contributed by atoms with Crippen molar-refractivity contribution >= 4 is 11.6 Å². The number of anilines is 1. The molecule has 0 heterocycles. The van der Waals surface area contributed by atoms with Crippen molar-refractivity contribution in [3.05, 3.63) is 30.3 Å². The Hall–Kier alpha value is -1.35. The molecule has 15 heavy (non-hydrogen) atoms. The molecule has 3 nitrogen and oxygen atoms in total. The first-order valence-corrected chi connectivity index (χ1v) is 5.29. The van der Waals surface area contributed by atoms with Crippen LogP contribution in [0.3, 0.4) is 0 Å². The lowest BCUT2D eigenvalue weighted by Crippen LogP contribution is -2.29. The zero-order valence-corrected chi connectivity index (χ0v) is 9.15. The van der Waals surface area contributed by atoms with Crippen LogP contribution in [-0.4, -0.2) is 19.0 Å². The molecule has 0 aromatic heterocycles. The first kappa shape index (κ1) is 11.7. The molecule has 1 amide bonds. The van der Waals surface area contributed by atoms with Crippen molar-refractivity contribution in [3.8, 4) is 0 Å². The van der Waals surface area contributed by atoms with E-state index in [4.69, 9.17) is 5.73 Å². The number of nitrogens with two attached hydrogens (primary N) is 1. The largest absolute Gasteiger partial charge is 0.330 e. The molecule has 1 aromatic carbocycles. The fraction of sp³-hybridized carbons (Fsp3) is 0.417. The smallest absolute Gasteiger partial charge is 0.223 e. The molecule has 3 heteroatoms. The van der Waals surface area contributed by atoms with E-state index in [2.05, 4.69) is 0 Å². The van der Waals surface area contributed by atoms with Gasteiger partial charge in [0.2, 0.25) is 5.91 Å². The quantitative estimate of drug-likeness (QED) is 0.746. The predicted molar refractivity (Wildman–Crippen MR) is 62.8 cm³/mol. The number of hydrogen-bond acceptors (Lipinski definition) is 2. The molecular weight excluding hydrogens is 188 g/mol. The summed E-state index contributed by atoms with van der Waals surface area (Å²) in [6, 6.07) is 9.72. The summed E-state index contributed by atoms with van der Waals surface area (Å²) >= 11 is 0. The molecule has 1 aromatic rings. The van der Waals surface area contributed by atoms with E-state index in [1.807, 2.05) is 30.3 Å². The number of para-hydroxylation sites is 1.